The van der Waals surface area contributed by atoms with Gasteiger partial charge in [0.15, 0.2) is 0 Å². The molecule has 0 saturated carbocycles. The Morgan fingerprint density at radius 1 is 0.459 bits per heavy atom. The van der Waals surface area contributed by atoms with Gasteiger partial charge in [0.05, 0.1) is 33.2 Å². The predicted octanol–water partition coefficient (Wildman–Crippen LogP) is 21.0. The minimum Gasteiger partial charge on any atom is -0.469 e. The number of allylic oxidation sites excluding steroid dienone is 14. The number of amides is 2. The number of carbonyl (C=O) groups excluding carboxylic acids is 4. The Morgan fingerprint density at radius 2 is 0.786 bits per heavy atom. The van der Waals surface area contributed by atoms with Crippen LogP contribution in [0.4, 0.5) is 0 Å². The topological polar surface area (TPSA) is 249 Å². The van der Waals surface area contributed by atoms with Crippen molar-refractivity contribution in [3.63, 3.8) is 0 Å². The van der Waals surface area contributed by atoms with E-state index >= 15 is 0 Å². The lowest BCUT2D eigenvalue weighted by atomic mass is 10.0. The van der Waals surface area contributed by atoms with E-state index in [1.54, 1.807) is 6.08 Å². The van der Waals surface area contributed by atoms with Crippen LogP contribution in [0.5, 0.6) is 0 Å². The molecule has 0 aliphatic carbocycles. The number of hydrogen-bond acceptors (Lipinski definition) is 12. The fraction of sp³-hybridized carbons (Fsp3) is 0.704. The van der Waals surface area contributed by atoms with E-state index in [1.807, 2.05) is 48.6 Å². The highest BCUT2D eigenvalue weighted by molar-refractivity contribution is 7.85. The zero-order chi connectivity index (χ0) is 74.1. The first-order chi connectivity index (χ1) is 47.3. The van der Waals surface area contributed by atoms with E-state index in [2.05, 4.69) is 163 Å². The third kappa shape index (κ3) is 96.8. The Balaban J connectivity index is -0.000000374. The van der Waals surface area contributed by atoms with Crippen molar-refractivity contribution in [1.82, 2.24) is 10.6 Å². The molecule has 0 aromatic heterocycles. The smallest absolute Gasteiger partial charge is 0.305 e. The van der Waals surface area contributed by atoms with Gasteiger partial charge in [-0.3, -0.25) is 23.4 Å². The molecule has 16 nitrogen and oxygen atoms in total. The van der Waals surface area contributed by atoms with Crippen LogP contribution in [0.2, 0.25) is 0 Å². The second-order valence-corrected chi connectivity index (χ2v) is 26.9. The molecule has 0 unspecified atom stereocenters. The van der Waals surface area contributed by atoms with Crippen molar-refractivity contribution in [1.29, 1.82) is 0 Å². The van der Waals surface area contributed by atoms with Crippen LogP contribution in [-0.4, -0.2) is 96.6 Å². The average molecular weight is 1400 g/mol. The molecule has 0 heterocycles. The van der Waals surface area contributed by atoms with Gasteiger partial charge in [-0.15, -0.1) is 0 Å². The van der Waals surface area contributed by atoms with Crippen LogP contribution in [0, 0.1) is 23.7 Å². The van der Waals surface area contributed by atoms with Crippen LogP contribution < -0.4 is 16.4 Å². The molecule has 0 aromatic carbocycles. The van der Waals surface area contributed by atoms with Gasteiger partial charge in [0, 0.05) is 50.2 Å². The predicted molar refractivity (Wildman–Crippen MR) is 418 cm³/mol. The number of unbranched alkanes of at least 4 members (excludes halogenated alkanes) is 14. The minimum atomic E-state index is -3.30. The summed E-state index contributed by atoms with van der Waals surface area (Å²) in [6.07, 6.45) is 77.7. The molecule has 0 saturated heterocycles. The van der Waals surface area contributed by atoms with Crippen molar-refractivity contribution in [2.45, 2.75) is 293 Å². The number of hydrogen-bond donors (Lipinski definition) is 4. The normalized spacial score (nSPS) is 13.3. The molecule has 0 bridgehead atoms. The number of ether oxygens (including phenoxy) is 2. The highest BCUT2D eigenvalue weighted by Crippen LogP contribution is 2.14. The van der Waals surface area contributed by atoms with Gasteiger partial charge in [-0.05, 0) is 126 Å². The molecule has 17 heteroatoms. The molecule has 0 radical (unpaired) electrons. The molecule has 0 spiro atoms. The fourth-order valence-electron chi connectivity index (χ4n) is 9.01. The van der Waals surface area contributed by atoms with Crippen LogP contribution in [0.3, 0.4) is 0 Å². The lowest BCUT2D eigenvalue weighted by molar-refractivity contribution is -0.141. The lowest BCUT2D eigenvalue weighted by Gasteiger charge is -2.04. The number of aliphatic hydroxyl groups is 1. The molecule has 98 heavy (non-hydrogen) atoms. The minimum absolute atomic E-state index is 0.0494. The zero-order valence-electron chi connectivity index (χ0n) is 64.2. The van der Waals surface area contributed by atoms with E-state index < -0.39 is 10.1 Å². The van der Waals surface area contributed by atoms with Gasteiger partial charge < -0.3 is 30.9 Å². The molecule has 2 amide bonds. The number of methoxy groups -OCH3 is 2. The maximum Gasteiger partial charge on any atom is 0.305 e. The van der Waals surface area contributed by atoms with Crippen LogP contribution >= 0.6 is 0 Å². The van der Waals surface area contributed by atoms with Gasteiger partial charge in [-0.2, -0.15) is 8.42 Å². The highest BCUT2D eigenvalue weighted by Gasteiger charge is 2.06. The molecule has 566 valence electrons. The van der Waals surface area contributed by atoms with Crippen molar-refractivity contribution in [2.24, 2.45) is 34.5 Å². The first kappa shape index (κ1) is 101. The van der Waals surface area contributed by atoms with E-state index in [0.717, 1.165) is 103 Å². The van der Waals surface area contributed by atoms with Crippen molar-refractivity contribution < 1.29 is 46.4 Å². The molecular weight excluding hydrogens is 1250 g/mol. The zero-order valence-corrected chi connectivity index (χ0v) is 65.0. The molecular formula is C81H146N6O10S. The Morgan fingerprint density at radius 3 is 1.12 bits per heavy atom. The summed E-state index contributed by atoms with van der Waals surface area (Å²) in [5, 5.41) is 19.0. The van der Waals surface area contributed by atoms with E-state index in [4.69, 9.17) is 11.3 Å². The van der Waals surface area contributed by atoms with Crippen LogP contribution in [-0.2, 0) is 43.0 Å². The lowest BCUT2D eigenvalue weighted by Crippen LogP contribution is -2.23. The van der Waals surface area contributed by atoms with Gasteiger partial charge >= 0.3 is 11.9 Å². The Bertz CT molecular complexity index is 2210. The first-order valence-corrected chi connectivity index (χ1v) is 39.7. The quantitative estimate of drug-likeness (QED) is 0.00848. The Kier molecular flexibility index (Phi) is 86.5. The SMILES string of the molecule is CCCCC[C@H](C)/C=C/C=C\CCN.CCCCC[C@H](C)/C=C/C=C\CCN=[N+]=[N-].CCCCC[C@H](C)/C=C/C=C\CCNC(=O)CCCCCC(=O)OC.CCCCC[C@H](C)/C=C/C=C\CCOS(C)(=O)=O.CCCCC[C@H](O)/C=C/C=C\CCNC(=O)CCCCCC(=O)OC. The summed E-state index contributed by atoms with van der Waals surface area (Å²) >= 11 is 0. The average Bonchev–Trinajstić information content (AvgIpc) is 3.79. The molecule has 0 fully saturated rings. The molecule has 0 aliphatic heterocycles. The molecule has 5 N–H and O–H groups in total. The van der Waals surface area contributed by atoms with Crippen LogP contribution in [0.1, 0.15) is 287 Å². The number of carbonyl (C=O) groups is 4. The Hall–Kier alpha value is -5.58. The Labute approximate surface area is 600 Å². The molecule has 0 aromatic rings. The van der Waals surface area contributed by atoms with Crippen LogP contribution in [0.25, 0.3) is 10.4 Å². The van der Waals surface area contributed by atoms with Gasteiger partial charge in [-0.1, -0.05) is 298 Å². The summed E-state index contributed by atoms with van der Waals surface area (Å²) in [5.41, 5.74) is 13.4. The van der Waals surface area contributed by atoms with Crippen molar-refractivity contribution >= 4 is 33.9 Å². The van der Waals surface area contributed by atoms with Gasteiger partial charge in [-0.25, -0.2) is 0 Å². The van der Waals surface area contributed by atoms with Gasteiger partial charge in [0.25, 0.3) is 10.1 Å². The fourth-order valence-corrected chi connectivity index (χ4v) is 9.41. The third-order valence-electron chi connectivity index (χ3n) is 15.1. The molecule has 0 aliphatic rings. The number of nitrogens with zero attached hydrogens (tertiary/aromatic N) is 3. The third-order valence-corrected chi connectivity index (χ3v) is 15.7. The van der Waals surface area contributed by atoms with Gasteiger partial charge in [0.2, 0.25) is 11.8 Å². The molecule has 5 atom stereocenters. The number of azide groups is 1. The summed E-state index contributed by atoms with van der Waals surface area (Å²) in [6.45, 7) is 22.9. The monoisotopic (exact) mass is 1400 g/mol. The first-order valence-electron chi connectivity index (χ1n) is 37.8. The van der Waals surface area contributed by atoms with Crippen molar-refractivity contribution in [2.75, 3.05) is 53.3 Å². The number of nitrogens with two attached hydrogens (primary N) is 1. The van der Waals surface area contributed by atoms with Crippen molar-refractivity contribution in [3.8, 4) is 0 Å². The van der Waals surface area contributed by atoms with Gasteiger partial charge in [0.1, 0.15) is 0 Å². The summed E-state index contributed by atoms with van der Waals surface area (Å²) in [4.78, 5) is 47.9. The summed E-state index contributed by atoms with van der Waals surface area (Å²) in [6, 6.07) is 0. The summed E-state index contributed by atoms with van der Waals surface area (Å²) in [5.74, 6) is 2.38. The highest BCUT2D eigenvalue weighted by atomic mass is 32.2. The standard InChI is InChI=1S/C21H37NO3.C20H35NO4.C14H26O3S.C13H23N3.C13H25N/c1-4-5-9-14-19(2)15-10-6-7-13-18-22-20(23)16-11-8-12-17-21(24)25-3;1-3-4-8-13-18(22)14-9-5-6-12-17-21-19(23)15-10-7-11-16-20(24)25-2;1-4-5-8-11-14(2)12-9-6-7-10-13-17-18(3,15)16;1-3-4-7-10-13(2)11-8-5-6-9-12-15-16-14;1-3-4-7-10-13(2)11-8-5-6-9-12-14/h6-7,10,15,19H,4-5,8-9,11-14,16-18H2,1-3H3,(H,22,23);5-6,9,14,18,22H,3-4,7-8,10-13,15-17H2,1-2H3,(H,21,23);6-7,9,12,14H,4-5,8,10-11,13H2,1-3H3;5-6,8,11,13H,3-4,7,9-10,12H2,1-2H3;5-6,8,11,13H,3-4,7,9-10,12,14H2,1-2H3/b7-6-,15-10+;6-5-,14-9+;7-6-,12-9+;2*6-5-,11-8+/t19-;18-;14-;2*13-/m00000/s1. The number of rotatable bonds is 57. The summed E-state index contributed by atoms with van der Waals surface area (Å²) in [7, 11) is -0.513. The number of aliphatic hydroxyl groups excluding tert-OH is 1. The summed E-state index contributed by atoms with van der Waals surface area (Å²) < 4.78 is 35.1. The van der Waals surface area contributed by atoms with Crippen molar-refractivity contribution in [3.05, 3.63) is 132 Å². The largest absolute Gasteiger partial charge is 0.469 e. The number of nitrogens with one attached hydrogen (secondary N) is 2. The maximum atomic E-state index is 11.7. The maximum absolute atomic E-state index is 11.7. The van der Waals surface area contributed by atoms with E-state index in [0.29, 0.717) is 75.4 Å². The second kappa shape index (κ2) is 83.8. The van der Waals surface area contributed by atoms with E-state index in [9.17, 15) is 32.7 Å². The molecule has 0 rings (SSSR count). The van der Waals surface area contributed by atoms with E-state index in [-0.39, 0.29) is 36.5 Å². The van der Waals surface area contributed by atoms with E-state index in [1.165, 1.54) is 117 Å². The second-order valence-electron chi connectivity index (χ2n) is 25.2. The number of esters is 2. The van der Waals surface area contributed by atoms with Crippen LogP contribution in [0.15, 0.2) is 127 Å².